The fraction of sp³-hybridized carbons (Fsp3) is 0.400. The Balaban J connectivity index is 1.65. The van der Waals surface area contributed by atoms with Gasteiger partial charge >= 0.3 is 5.76 Å². The Hall–Kier alpha value is -1.95. The molecule has 0 spiro atoms. The molecule has 0 N–H and O–H groups in total. The van der Waals surface area contributed by atoms with Gasteiger partial charge in [0.05, 0.1) is 17.2 Å². The van der Waals surface area contributed by atoms with Crippen LogP contribution < -0.4 is 5.76 Å². The van der Waals surface area contributed by atoms with E-state index in [4.69, 9.17) is 9.40 Å². The summed E-state index contributed by atoms with van der Waals surface area (Å²) in [7, 11) is 0. The molecule has 0 bridgehead atoms. The highest BCUT2D eigenvalue weighted by Crippen LogP contribution is 2.35. The Bertz CT molecular complexity index is 827. The topological polar surface area (TPSA) is 60.9 Å². The van der Waals surface area contributed by atoms with Crippen LogP contribution >= 0.6 is 11.3 Å². The zero-order valence-electron chi connectivity index (χ0n) is 11.5. The molecule has 3 aromatic heterocycles. The standard InChI is InChI=1S/C15H15N3O2S/c19-15-18(13-12(20-15)6-3-7-16-13)8-11-9-21-14(17-11)10-4-1-2-5-10/h3,6-7,9-10H,1-2,4-5,8H2. The molecule has 0 radical (unpaired) electrons. The Morgan fingerprint density at radius 1 is 1.38 bits per heavy atom. The number of oxazole rings is 1. The van der Waals surface area contributed by atoms with Gasteiger partial charge in [-0.25, -0.2) is 14.8 Å². The molecule has 4 rings (SSSR count). The van der Waals surface area contributed by atoms with Gasteiger partial charge in [-0.05, 0) is 25.0 Å². The lowest BCUT2D eigenvalue weighted by Crippen LogP contribution is -2.15. The number of nitrogens with zero attached hydrogens (tertiary/aromatic N) is 3. The maximum absolute atomic E-state index is 11.9. The molecule has 1 fully saturated rings. The third kappa shape index (κ3) is 2.29. The smallest absolute Gasteiger partial charge is 0.406 e. The number of hydrogen-bond acceptors (Lipinski definition) is 5. The van der Waals surface area contributed by atoms with Crippen molar-refractivity contribution in [3.05, 3.63) is 45.0 Å². The number of fused-ring (bicyclic) bond motifs is 1. The van der Waals surface area contributed by atoms with Crippen molar-refractivity contribution < 1.29 is 4.42 Å². The van der Waals surface area contributed by atoms with Crippen molar-refractivity contribution in [3.8, 4) is 0 Å². The first-order chi connectivity index (χ1) is 10.3. The largest absolute Gasteiger partial charge is 0.421 e. The summed E-state index contributed by atoms with van der Waals surface area (Å²) in [4.78, 5) is 20.9. The van der Waals surface area contributed by atoms with E-state index in [0.29, 0.717) is 23.7 Å². The van der Waals surface area contributed by atoms with Crippen LogP contribution in [0.4, 0.5) is 0 Å². The Morgan fingerprint density at radius 3 is 3.10 bits per heavy atom. The van der Waals surface area contributed by atoms with E-state index in [1.807, 2.05) is 5.38 Å². The number of rotatable bonds is 3. The zero-order valence-corrected chi connectivity index (χ0v) is 12.3. The maximum Gasteiger partial charge on any atom is 0.421 e. The van der Waals surface area contributed by atoms with Crippen molar-refractivity contribution in [1.29, 1.82) is 0 Å². The van der Waals surface area contributed by atoms with Crippen molar-refractivity contribution in [1.82, 2.24) is 14.5 Å². The number of hydrogen-bond donors (Lipinski definition) is 0. The van der Waals surface area contributed by atoms with Crippen molar-refractivity contribution in [2.24, 2.45) is 0 Å². The SMILES string of the molecule is O=c1oc2cccnc2n1Cc1csc(C2CCCC2)n1. The third-order valence-corrected chi connectivity index (χ3v) is 5.07. The van der Waals surface area contributed by atoms with Crippen LogP contribution in [-0.2, 0) is 6.54 Å². The van der Waals surface area contributed by atoms with E-state index in [1.54, 1.807) is 34.2 Å². The fourth-order valence-corrected chi connectivity index (χ4v) is 3.94. The second kappa shape index (κ2) is 5.11. The molecule has 3 heterocycles. The molecule has 108 valence electrons. The minimum absolute atomic E-state index is 0.376. The van der Waals surface area contributed by atoms with Gasteiger partial charge in [-0.2, -0.15) is 0 Å². The average Bonchev–Trinajstić information content (AvgIpc) is 3.20. The van der Waals surface area contributed by atoms with Gasteiger partial charge in [-0.15, -0.1) is 11.3 Å². The lowest BCUT2D eigenvalue weighted by molar-refractivity contribution is 0.516. The highest BCUT2D eigenvalue weighted by molar-refractivity contribution is 7.09. The normalized spacial score (nSPS) is 16.0. The highest BCUT2D eigenvalue weighted by atomic mass is 32.1. The van der Waals surface area contributed by atoms with Crippen LogP contribution in [0.25, 0.3) is 11.2 Å². The molecule has 0 aliphatic heterocycles. The zero-order chi connectivity index (χ0) is 14.2. The first-order valence-electron chi connectivity index (χ1n) is 7.20. The summed E-state index contributed by atoms with van der Waals surface area (Å²) in [5.41, 5.74) is 2.02. The molecule has 0 saturated heterocycles. The minimum Gasteiger partial charge on any atom is -0.406 e. The van der Waals surface area contributed by atoms with Gasteiger partial charge in [0.15, 0.2) is 11.2 Å². The van der Waals surface area contributed by atoms with E-state index in [2.05, 4.69) is 4.98 Å². The van der Waals surface area contributed by atoms with Gasteiger partial charge in [0, 0.05) is 17.5 Å². The van der Waals surface area contributed by atoms with E-state index < -0.39 is 0 Å². The van der Waals surface area contributed by atoms with E-state index >= 15 is 0 Å². The fourth-order valence-electron chi connectivity index (χ4n) is 2.96. The number of pyridine rings is 1. The van der Waals surface area contributed by atoms with Gasteiger partial charge in [0.2, 0.25) is 0 Å². The first-order valence-corrected chi connectivity index (χ1v) is 8.08. The van der Waals surface area contributed by atoms with E-state index in [-0.39, 0.29) is 5.76 Å². The quantitative estimate of drug-likeness (QED) is 0.745. The number of thiazole rings is 1. The molecule has 0 unspecified atom stereocenters. The monoisotopic (exact) mass is 301 g/mol. The highest BCUT2D eigenvalue weighted by Gasteiger charge is 2.20. The molecule has 1 aliphatic carbocycles. The molecule has 3 aromatic rings. The summed E-state index contributed by atoms with van der Waals surface area (Å²) in [6, 6.07) is 3.52. The second-order valence-corrected chi connectivity index (χ2v) is 6.33. The predicted octanol–water partition coefficient (Wildman–Crippen LogP) is 3.15. The molecule has 21 heavy (non-hydrogen) atoms. The summed E-state index contributed by atoms with van der Waals surface area (Å²) >= 11 is 1.70. The van der Waals surface area contributed by atoms with Crippen LogP contribution in [0.5, 0.6) is 0 Å². The van der Waals surface area contributed by atoms with Crippen LogP contribution in [-0.4, -0.2) is 14.5 Å². The summed E-state index contributed by atoms with van der Waals surface area (Å²) in [5, 5.41) is 3.25. The van der Waals surface area contributed by atoms with E-state index in [0.717, 1.165) is 5.69 Å². The summed E-state index contributed by atoms with van der Waals surface area (Å²) in [6.45, 7) is 0.423. The maximum atomic E-state index is 11.9. The lowest BCUT2D eigenvalue weighted by Gasteiger charge is -2.03. The van der Waals surface area contributed by atoms with Crippen LogP contribution in [0.3, 0.4) is 0 Å². The lowest BCUT2D eigenvalue weighted by atomic mass is 10.1. The molecular formula is C15H15N3O2S. The Morgan fingerprint density at radius 2 is 2.24 bits per heavy atom. The molecule has 1 aliphatic rings. The van der Waals surface area contributed by atoms with Crippen molar-refractivity contribution in [3.63, 3.8) is 0 Å². The molecule has 0 aromatic carbocycles. The minimum atomic E-state index is -0.376. The molecule has 6 heteroatoms. The van der Waals surface area contributed by atoms with Crippen molar-refractivity contribution in [2.45, 2.75) is 38.1 Å². The molecule has 0 atom stereocenters. The van der Waals surface area contributed by atoms with Crippen molar-refractivity contribution >= 4 is 22.6 Å². The van der Waals surface area contributed by atoms with Gasteiger partial charge in [0.25, 0.3) is 0 Å². The van der Waals surface area contributed by atoms with Gasteiger partial charge in [-0.3, -0.25) is 4.57 Å². The third-order valence-electron chi connectivity index (χ3n) is 4.02. The van der Waals surface area contributed by atoms with Gasteiger partial charge in [0.1, 0.15) is 0 Å². The van der Waals surface area contributed by atoms with E-state index in [9.17, 15) is 4.79 Å². The molecule has 5 nitrogen and oxygen atoms in total. The van der Waals surface area contributed by atoms with Gasteiger partial charge in [-0.1, -0.05) is 12.8 Å². The molecule has 0 amide bonds. The summed E-state index contributed by atoms with van der Waals surface area (Å²) in [6.07, 6.45) is 6.75. The van der Waals surface area contributed by atoms with E-state index in [1.165, 1.54) is 30.7 Å². The number of aromatic nitrogens is 3. The predicted molar refractivity (Wildman–Crippen MR) is 80.7 cm³/mol. The molecular weight excluding hydrogens is 286 g/mol. The van der Waals surface area contributed by atoms with Crippen LogP contribution in [0.15, 0.2) is 32.9 Å². The van der Waals surface area contributed by atoms with Crippen LogP contribution in [0.2, 0.25) is 0 Å². The second-order valence-electron chi connectivity index (χ2n) is 5.44. The van der Waals surface area contributed by atoms with Crippen molar-refractivity contribution in [2.75, 3.05) is 0 Å². The summed E-state index contributed by atoms with van der Waals surface area (Å²) < 4.78 is 6.74. The molecule has 1 saturated carbocycles. The summed E-state index contributed by atoms with van der Waals surface area (Å²) in [5.74, 6) is 0.235. The average molecular weight is 301 g/mol. The van der Waals surface area contributed by atoms with Gasteiger partial charge < -0.3 is 4.42 Å². The Labute approximate surface area is 125 Å². The first kappa shape index (κ1) is 12.8. The van der Waals surface area contributed by atoms with Crippen LogP contribution in [0, 0.1) is 0 Å². The Kier molecular flexibility index (Phi) is 3.11. The van der Waals surface area contributed by atoms with Crippen LogP contribution in [0.1, 0.15) is 42.3 Å².